The van der Waals surface area contributed by atoms with E-state index in [-0.39, 0.29) is 36.1 Å². The van der Waals surface area contributed by atoms with Gasteiger partial charge in [0, 0.05) is 23.1 Å². The van der Waals surface area contributed by atoms with Crippen LogP contribution in [0.15, 0.2) is 72.1 Å². The van der Waals surface area contributed by atoms with E-state index < -0.39 is 11.6 Å². The van der Waals surface area contributed by atoms with Gasteiger partial charge >= 0.3 is 0 Å². The largest absolute Gasteiger partial charge is 0.489 e. The molecule has 0 fully saturated rings. The van der Waals surface area contributed by atoms with Crippen LogP contribution in [0.5, 0.6) is 5.75 Å². The number of carbonyl (C=O) groups excluding carboxylic acids is 1. The Morgan fingerprint density at radius 2 is 1.75 bits per heavy atom. The number of ether oxygens (including phenoxy) is 1. The SMILES string of the molecule is O=C(NCc1cccc(F)c1)c1csc(-c2ccc(OCc3cc(F)ccc3F)cc2)n1. The molecular weight excluding hydrogens is 437 g/mol. The molecule has 0 atom stereocenters. The van der Waals surface area contributed by atoms with E-state index in [1.807, 2.05) is 0 Å². The van der Waals surface area contributed by atoms with Gasteiger partial charge in [-0.3, -0.25) is 4.79 Å². The molecule has 1 N–H and O–H groups in total. The van der Waals surface area contributed by atoms with Crippen LogP contribution >= 0.6 is 11.3 Å². The number of benzene rings is 3. The molecule has 0 radical (unpaired) electrons. The fourth-order valence-electron chi connectivity index (χ4n) is 2.94. The van der Waals surface area contributed by atoms with Crippen molar-refractivity contribution in [1.82, 2.24) is 10.3 Å². The van der Waals surface area contributed by atoms with Gasteiger partial charge in [0.05, 0.1) is 0 Å². The highest BCUT2D eigenvalue weighted by Crippen LogP contribution is 2.26. The summed E-state index contributed by atoms with van der Waals surface area (Å²) in [6.07, 6.45) is 0. The van der Waals surface area contributed by atoms with Crippen molar-refractivity contribution in [2.24, 2.45) is 0 Å². The zero-order chi connectivity index (χ0) is 22.5. The molecule has 1 heterocycles. The van der Waals surface area contributed by atoms with Gasteiger partial charge in [-0.15, -0.1) is 11.3 Å². The van der Waals surface area contributed by atoms with E-state index in [2.05, 4.69) is 10.3 Å². The fraction of sp³-hybridized carbons (Fsp3) is 0.0833. The lowest BCUT2D eigenvalue weighted by molar-refractivity contribution is 0.0946. The smallest absolute Gasteiger partial charge is 0.271 e. The van der Waals surface area contributed by atoms with E-state index in [4.69, 9.17) is 4.74 Å². The number of rotatable bonds is 7. The molecule has 0 saturated heterocycles. The monoisotopic (exact) mass is 454 g/mol. The summed E-state index contributed by atoms with van der Waals surface area (Å²) in [5, 5.41) is 5.01. The minimum absolute atomic E-state index is 0.101. The maximum Gasteiger partial charge on any atom is 0.271 e. The van der Waals surface area contributed by atoms with Gasteiger partial charge in [0.15, 0.2) is 0 Å². The first kappa shape index (κ1) is 21.6. The third kappa shape index (κ3) is 5.33. The Labute approximate surface area is 186 Å². The Morgan fingerprint density at radius 1 is 0.969 bits per heavy atom. The lowest BCUT2D eigenvalue weighted by Gasteiger charge is -2.08. The molecule has 0 spiro atoms. The molecule has 32 heavy (non-hydrogen) atoms. The Kier molecular flexibility index (Phi) is 6.51. The van der Waals surface area contributed by atoms with E-state index >= 15 is 0 Å². The van der Waals surface area contributed by atoms with Crippen LogP contribution in [-0.2, 0) is 13.2 Å². The predicted molar refractivity (Wildman–Crippen MR) is 116 cm³/mol. The second kappa shape index (κ2) is 9.65. The molecule has 0 aliphatic heterocycles. The summed E-state index contributed by atoms with van der Waals surface area (Å²) < 4.78 is 45.7. The highest BCUT2D eigenvalue weighted by Gasteiger charge is 2.12. The van der Waals surface area contributed by atoms with Crippen molar-refractivity contribution in [3.8, 4) is 16.3 Å². The molecule has 1 amide bonds. The number of amides is 1. The van der Waals surface area contributed by atoms with E-state index in [0.717, 1.165) is 23.8 Å². The van der Waals surface area contributed by atoms with Gasteiger partial charge in [0.2, 0.25) is 0 Å². The van der Waals surface area contributed by atoms with Crippen LogP contribution in [0.1, 0.15) is 21.6 Å². The minimum Gasteiger partial charge on any atom is -0.489 e. The fourth-order valence-corrected chi connectivity index (χ4v) is 3.75. The minimum atomic E-state index is -0.533. The van der Waals surface area contributed by atoms with Crippen LogP contribution < -0.4 is 10.1 Å². The number of nitrogens with zero attached hydrogens (tertiary/aromatic N) is 1. The van der Waals surface area contributed by atoms with Crippen LogP contribution in [-0.4, -0.2) is 10.9 Å². The second-order valence-electron chi connectivity index (χ2n) is 6.90. The predicted octanol–water partition coefficient (Wildman–Crippen LogP) is 5.74. The number of aromatic nitrogens is 1. The lowest BCUT2D eigenvalue weighted by Crippen LogP contribution is -2.23. The number of halogens is 3. The number of hydrogen-bond acceptors (Lipinski definition) is 4. The summed E-state index contributed by atoms with van der Waals surface area (Å²) in [4.78, 5) is 16.7. The molecule has 1 aromatic heterocycles. The summed E-state index contributed by atoms with van der Waals surface area (Å²) in [6, 6.07) is 16.1. The average molecular weight is 454 g/mol. The van der Waals surface area contributed by atoms with Crippen LogP contribution in [0.3, 0.4) is 0 Å². The van der Waals surface area contributed by atoms with Gasteiger partial charge in [-0.1, -0.05) is 12.1 Å². The van der Waals surface area contributed by atoms with Crippen LogP contribution in [0.25, 0.3) is 10.6 Å². The van der Waals surface area contributed by atoms with Gasteiger partial charge in [0.25, 0.3) is 5.91 Å². The normalized spacial score (nSPS) is 10.7. The Bertz CT molecular complexity index is 1240. The maximum atomic E-state index is 13.7. The average Bonchev–Trinajstić information content (AvgIpc) is 3.29. The molecule has 0 bridgehead atoms. The van der Waals surface area contributed by atoms with Gasteiger partial charge < -0.3 is 10.1 Å². The Balaban J connectivity index is 1.36. The molecule has 0 aliphatic rings. The third-order valence-corrected chi connectivity index (χ3v) is 5.47. The molecule has 3 aromatic carbocycles. The van der Waals surface area contributed by atoms with Gasteiger partial charge in [0.1, 0.15) is 40.5 Å². The van der Waals surface area contributed by atoms with Crippen molar-refractivity contribution >= 4 is 17.2 Å². The number of carbonyl (C=O) groups is 1. The summed E-state index contributed by atoms with van der Waals surface area (Å²) in [5.74, 6) is -1.29. The molecule has 4 nitrogen and oxygen atoms in total. The molecule has 4 rings (SSSR count). The Hall–Kier alpha value is -3.65. The van der Waals surface area contributed by atoms with E-state index in [1.54, 1.807) is 41.8 Å². The standard InChI is InChI=1S/C24H17F3N2O2S/c25-18-3-1-2-15(10-18)12-28-23(30)22-14-32-24(29-22)16-4-7-20(8-5-16)31-13-17-11-19(26)6-9-21(17)27/h1-11,14H,12-13H2,(H,28,30). The van der Waals surface area contributed by atoms with Gasteiger partial charge in [-0.25, -0.2) is 18.2 Å². The highest BCUT2D eigenvalue weighted by molar-refractivity contribution is 7.13. The van der Waals surface area contributed by atoms with E-state index in [0.29, 0.717) is 16.3 Å². The highest BCUT2D eigenvalue weighted by atomic mass is 32.1. The summed E-state index contributed by atoms with van der Waals surface area (Å²) in [6.45, 7) is 0.0945. The van der Waals surface area contributed by atoms with Crippen LogP contribution in [0.2, 0.25) is 0 Å². The first-order chi connectivity index (χ1) is 15.5. The zero-order valence-electron chi connectivity index (χ0n) is 16.6. The van der Waals surface area contributed by atoms with Crippen molar-refractivity contribution in [1.29, 1.82) is 0 Å². The summed E-state index contributed by atoms with van der Waals surface area (Å²) in [7, 11) is 0. The Morgan fingerprint density at radius 3 is 2.53 bits per heavy atom. The first-order valence-corrected chi connectivity index (χ1v) is 10.5. The van der Waals surface area contributed by atoms with Crippen molar-refractivity contribution in [3.63, 3.8) is 0 Å². The summed E-state index contributed by atoms with van der Waals surface area (Å²) >= 11 is 1.31. The van der Waals surface area contributed by atoms with Gasteiger partial charge in [-0.05, 0) is 60.2 Å². The van der Waals surface area contributed by atoms with Crippen molar-refractivity contribution < 1.29 is 22.7 Å². The molecule has 4 aromatic rings. The van der Waals surface area contributed by atoms with Crippen molar-refractivity contribution in [3.05, 3.63) is 106 Å². The van der Waals surface area contributed by atoms with E-state index in [1.165, 1.54) is 23.5 Å². The van der Waals surface area contributed by atoms with Crippen LogP contribution in [0, 0.1) is 17.5 Å². The van der Waals surface area contributed by atoms with E-state index in [9.17, 15) is 18.0 Å². The molecular formula is C24H17F3N2O2S. The number of hydrogen-bond donors (Lipinski definition) is 1. The lowest BCUT2D eigenvalue weighted by atomic mass is 10.2. The number of thiazole rings is 1. The molecule has 0 saturated carbocycles. The topological polar surface area (TPSA) is 51.2 Å². The first-order valence-electron chi connectivity index (χ1n) is 9.63. The van der Waals surface area contributed by atoms with Crippen molar-refractivity contribution in [2.75, 3.05) is 0 Å². The zero-order valence-corrected chi connectivity index (χ0v) is 17.5. The van der Waals surface area contributed by atoms with Gasteiger partial charge in [-0.2, -0.15) is 0 Å². The number of nitrogens with one attached hydrogen (secondary N) is 1. The molecule has 8 heteroatoms. The molecule has 162 valence electrons. The maximum absolute atomic E-state index is 13.7. The molecule has 0 unspecified atom stereocenters. The molecule has 0 aliphatic carbocycles. The third-order valence-electron chi connectivity index (χ3n) is 4.58. The second-order valence-corrected chi connectivity index (χ2v) is 7.76. The summed E-state index contributed by atoms with van der Waals surface area (Å²) in [5.41, 5.74) is 1.83. The quantitative estimate of drug-likeness (QED) is 0.388. The van der Waals surface area contributed by atoms with Crippen molar-refractivity contribution in [2.45, 2.75) is 13.2 Å². The van der Waals surface area contributed by atoms with Crippen LogP contribution in [0.4, 0.5) is 13.2 Å².